The average molecular weight is 231 g/mol. The van der Waals surface area contributed by atoms with Crippen LogP contribution in [0.15, 0.2) is 30.5 Å². The Bertz CT molecular complexity index is 435. The summed E-state index contributed by atoms with van der Waals surface area (Å²) in [7, 11) is 0. The second kappa shape index (κ2) is 4.44. The quantitative estimate of drug-likeness (QED) is 0.764. The van der Waals surface area contributed by atoms with Gasteiger partial charge in [-0.1, -0.05) is 26.5 Å². The molecule has 2 rings (SSSR count). The van der Waals surface area contributed by atoms with Crippen LogP contribution in [0.4, 0.5) is 5.69 Å². The molecule has 0 aromatic heterocycles. The van der Waals surface area contributed by atoms with Crippen molar-refractivity contribution in [2.45, 2.75) is 39.7 Å². The van der Waals surface area contributed by atoms with Crippen molar-refractivity contribution < 1.29 is 4.74 Å². The van der Waals surface area contributed by atoms with Crippen LogP contribution in [0.3, 0.4) is 0 Å². The lowest BCUT2D eigenvalue weighted by Gasteiger charge is -2.36. The number of anilines is 1. The first kappa shape index (κ1) is 12.0. The summed E-state index contributed by atoms with van der Waals surface area (Å²) in [4.78, 5) is 2.25. The Morgan fingerprint density at radius 3 is 2.53 bits per heavy atom. The summed E-state index contributed by atoms with van der Waals surface area (Å²) >= 11 is 0. The fraction of sp³-hybridized carbons (Fsp3) is 0.467. The highest BCUT2D eigenvalue weighted by atomic mass is 16.5. The first-order valence-corrected chi connectivity index (χ1v) is 6.24. The van der Waals surface area contributed by atoms with E-state index in [-0.39, 0.29) is 0 Å². The van der Waals surface area contributed by atoms with Crippen LogP contribution in [0, 0.1) is 0 Å². The van der Waals surface area contributed by atoms with E-state index in [1.165, 1.54) is 5.56 Å². The lowest BCUT2D eigenvalue weighted by molar-refractivity contribution is 0.331. The minimum absolute atomic E-state index is 0.412. The molecule has 92 valence electrons. The largest absolute Gasteiger partial charge is 0.485 e. The van der Waals surface area contributed by atoms with E-state index < -0.39 is 0 Å². The molecule has 0 fully saturated rings. The molecular formula is C15H21NO. The minimum Gasteiger partial charge on any atom is -0.485 e. The van der Waals surface area contributed by atoms with Crippen LogP contribution in [0.25, 0.3) is 0 Å². The normalized spacial score (nSPS) is 15.2. The molecule has 2 nitrogen and oxygen atoms in total. The molecule has 0 unspecified atom stereocenters. The van der Waals surface area contributed by atoms with Gasteiger partial charge in [0.1, 0.15) is 12.4 Å². The molecule has 1 aromatic rings. The van der Waals surface area contributed by atoms with Crippen LogP contribution in [0.5, 0.6) is 5.75 Å². The predicted octanol–water partition coefficient (Wildman–Crippen LogP) is 3.93. The predicted molar refractivity (Wildman–Crippen MR) is 72.8 cm³/mol. The topological polar surface area (TPSA) is 12.5 Å². The molecule has 0 N–H and O–H groups in total. The number of benzene rings is 1. The number of ether oxygens (including phenoxy) is 1. The van der Waals surface area contributed by atoms with Crippen molar-refractivity contribution in [1.29, 1.82) is 0 Å². The third-order valence-corrected chi connectivity index (χ3v) is 3.16. The first-order valence-electron chi connectivity index (χ1n) is 6.24. The molecular weight excluding hydrogens is 210 g/mol. The number of hydrogen-bond acceptors (Lipinski definition) is 2. The van der Waals surface area contributed by atoms with E-state index in [1.54, 1.807) is 0 Å². The van der Waals surface area contributed by atoms with Crippen LogP contribution in [0.1, 0.15) is 39.2 Å². The summed E-state index contributed by atoms with van der Waals surface area (Å²) < 4.78 is 5.77. The van der Waals surface area contributed by atoms with E-state index in [9.17, 15) is 0 Å². The highest BCUT2D eigenvalue weighted by Gasteiger charge is 2.23. The van der Waals surface area contributed by atoms with Crippen LogP contribution in [0.2, 0.25) is 0 Å². The fourth-order valence-electron chi connectivity index (χ4n) is 2.25. The lowest BCUT2D eigenvalue weighted by atomic mass is 10.0. The first-order chi connectivity index (χ1) is 8.00. The van der Waals surface area contributed by atoms with E-state index in [0.29, 0.717) is 18.6 Å². The Kier molecular flexibility index (Phi) is 3.14. The van der Waals surface area contributed by atoms with Crippen LogP contribution >= 0.6 is 0 Å². The van der Waals surface area contributed by atoms with E-state index in [0.717, 1.165) is 17.1 Å². The molecule has 1 heterocycles. The minimum atomic E-state index is 0.412. The summed E-state index contributed by atoms with van der Waals surface area (Å²) in [6.07, 6.45) is 0. The summed E-state index contributed by atoms with van der Waals surface area (Å²) in [6, 6.07) is 6.90. The second-order valence-electron chi connectivity index (χ2n) is 5.20. The maximum absolute atomic E-state index is 5.77. The van der Waals surface area contributed by atoms with Gasteiger partial charge in [0.25, 0.3) is 0 Å². The van der Waals surface area contributed by atoms with Gasteiger partial charge < -0.3 is 9.64 Å². The molecule has 0 amide bonds. The molecule has 0 spiro atoms. The second-order valence-corrected chi connectivity index (χ2v) is 5.20. The Labute approximate surface area is 104 Å². The summed E-state index contributed by atoms with van der Waals surface area (Å²) in [5.74, 6) is 1.51. The van der Waals surface area contributed by atoms with Crippen molar-refractivity contribution >= 4 is 5.69 Å². The van der Waals surface area contributed by atoms with Gasteiger partial charge in [-0.15, -0.1) is 0 Å². The third kappa shape index (κ3) is 2.17. The van der Waals surface area contributed by atoms with Gasteiger partial charge in [-0.2, -0.15) is 0 Å². The van der Waals surface area contributed by atoms with Crippen molar-refractivity contribution in [3.05, 3.63) is 36.0 Å². The van der Waals surface area contributed by atoms with Gasteiger partial charge in [0.05, 0.1) is 5.69 Å². The molecule has 2 heteroatoms. The summed E-state index contributed by atoms with van der Waals surface area (Å²) in [6.45, 7) is 13.4. The van der Waals surface area contributed by atoms with Crippen molar-refractivity contribution in [2.24, 2.45) is 0 Å². The van der Waals surface area contributed by atoms with Gasteiger partial charge in [-0.3, -0.25) is 0 Å². The van der Waals surface area contributed by atoms with E-state index in [2.05, 4.69) is 57.4 Å². The van der Waals surface area contributed by atoms with Gasteiger partial charge in [0, 0.05) is 11.7 Å². The molecule has 0 radical (unpaired) electrons. The molecule has 0 atom stereocenters. The van der Waals surface area contributed by atoms with E-state index in [4.69, 9.17) is 4.74 Å². The number of hydrogen-bond donors (Lipinski definition) is 0. The summed E-state index contributed by atoms with van der Waals surface area (Å²) in [5, 5.41) is 0. The SMILES string of the molecule is C=C1COc2cc(C(C)C)ccc2N1C(C)C. The molecule has 0 saturated carbocycles. The van der Waals surface area contributed by atoms with Gasteiger partial charge in [-0.05, 0) is 37.5 Å². The van der Waals surface area contributed by atoms with E-state index in [1.807, 2.05) is 0 Å². The molecule has 1 aliphatic heterocycles. The molecule has 1 aliphatic rings. The molecule has 0 aliphatic carbocycles. The zero-order chi connectivity index (χ0) is 12.6. The van der Waals surface area contributed by atoms with Crippen molar-refractivity contribution in [3.63, 3.8) is 0 Å². The van der Waals surface area contributed by atoms with Crippen LogP contribution in [-0.4, -0.2) is 12.6 Å². The third-order valence-electron chi connectivity index (χ3n) is 3.16. The average Bonchev–Trinajstić information content (AvgIpc) is 2.27. The lowest BCUT2D eigenvalue weighted by Crippen LogP contribution is -2.35. The maximum atomic E-state index is 5.77. The monoisotopic (exact) mass is 231 g/mol. The van der Waals surface area contributed by atoms with Crippen molar-refractivity contribution in [3.8, 4) is 5.75 Å². The standard InChI is InChI=1S/C15H21NO/c1-10(2)13-6-7-14-15(8-13)17-9-12(5)16(14)11(3)4/h6-8,10-11H,5,9H2,1-4H3. The van der Waals surface area contributed by atoms with E-state index >= 15 is 0 Å². The fourth-order valence-corrected chi connectivity index (χ4v) is 2.25. The number of fused-ring (bicyclic) bond motifs is 1. The van der Waals surface area contributed by atoms with Crippen molar-refractivity contribution in [2.75, 3.05) is 11.5 Å². The Hall–Kier alpha value is -1.44. The van der Waals surface area contributed by atoms with Gasteiger partial charge in [0.15, 0.2) is 0 Å². The zero-order valence-electron chi connectivity index (χ0n) is 11.2. The van der Waals surface area contributed by atoms with Crippen LogP contribution in [-0.2, 0) is 0 Å². The van der Waals surface area contributed by atoms with Crippen molar-refractivity contribution in [1.82, 2.24) is 0 Å². The van der Waals surface area contributed by atoms with Gasteiger partial charge >= 0.3 is 0 Å². The van der Waals surface area contributed by atoms with Gasteiger partial charge in [0.2, 0.25) is 0 Å². The Morgan fingerprint density at radius 1 is 1.24 bits per heavy atom. The van der Waals surface area contributed by atoms with Gasteiger partial charge in [-0.25, -0.2) is 0 Å². The highest BCUT2D eigenvalue weighted by molar-refractivity contribution is 5.65. The zero-order valence-corrected chi connectivity index (χ0v) is 11.2. The molecule has 0 bridgehead atoms. The number of rotatable bonds is 2. The number of nitrogens with zero attached hydrogens (tertiary/aromatic N) is 1. The molecule has 1 aromatic carbocycles. The Balaban J connectivity index is 2.44. The molecule has 17 heavy (non-hydrogen) atoms. The molecule has 0 saturated heterocycles. The van der Waals surface area contributed by atoms with Crippen LogP contribution < -0.4 is 9.64 Å². The maximum Gasteiger partial charge on any atom is 0.143 e. The smallest absolute Gasteiger partial charge is 0.143 e. The summed E-state index contributed by atoms with van der Waals surface area (Å²) in [5.41, 5.74) is 3.49. The highest BCUT2D eigenvalue weighted by Crippen LogP contribution is 2.38. The Morgan fingerprint density at radius 2 is 1.94 bits per heavy atom.